The monoisotopic (exact) mass is 370 g/mol. The van der Waals surface area contributed by atoms with Crippen LogP contribution in [0.4, 0.5) is 5.69 Å². The van der Waals surface area contributed by atoms with E-state index in [2.05, 4.69) is 5.32 Å². The summed E-state index contributed by atoms with van der Waals surface area (Å²) in [6.07, 6.45) is 1.53. The average molecular weight is 371 g/mol. The summed E-state index contributed by atoms with van der Waals surface area (Å²) in [7, 11) is 1.78. The number of rotatable bonds is 6. The molecule has 2 rings (SSSR count). The van der Waals surface area contributed by atoms with Crippen LogP contribution in [0.25, 0.3) is 0 Å². The Labute approximate surface area is 155 Å². The minimum absolute atomic E-state index is 0. The Hall–Kier alpha value is -1.79. The van der Waals surface area contributed by atoms with Gasteiger partial charge in [0.15, 0.2) is 12.0 Å². The van der Waals surface area contributed by atoms with E-state index in [4.69, 9.17) is 9.47 Å². The molecule has 1 atom stereocenters. The van der Waals surface area contributed by atoms with Gasteiger partial charge in [0.25, 0.3) is 0 Å². The highest BCUT2D eigenvalue weighted by Crippen LogP contribution is 2.34. The number of carbonyl (C=O) groups is 2. The summed E-state index contributed by atoms with van der Waals surface area (Å²) < 4.78 is 11.4. The summed E-state index contributed by atoms with van der Waals surface area (Å²) >= 11 is 0. The van der Waals surface area contributed by atoms with Crippen molar-refractivity contribution in [1.82, 2.24) is 5.32 Å². The number of nitrogens with one attached hydrogen (secondary N) is 1. The normalized spacial score (nSPS) is 15.1. The van der Waals surface area contributed by atoms with Crippen LogP contribution in [0.15, 0.2) is 18.2 Å². The second-order valence-electron chi connectivity index (χ2n) is 6.47. The smallest absolute Gasteiger partial charge is 0.304 e. The highest BCUT2D eigenvalue weighted by molar-refractivity contribution is 5.96. The van der Waals surface area contributed by atoms with Crippen molar-refractivity contribution < 1.29 is 19.1 Å². The van der Waals surface area contributed by atoms with Gasteiger partial charge in [-0.05, 0) is 38.8 Å². The lowest BCUT2D eigenvalue weighted by molar-refractivity contribution is -0.159. The molecular formula is C18H27ClN2O4. The van der Waals surface area contributed by atoms with E-state index in [1.165, 1.54) is 6.92 Å². The molecule has 6 nitrogen and oxygen atoms in total. The number of fused-ring (bicyclic) bond motifs is 1. The summed E-state index contributed by atoms with van der Waals surface area (Å²) in [5, 5.41) is 3.20. The topological polar surface area (TPSA) is 67.9 Å². The number of halogens is 1. The first kappa shape index (κ1) is 21.3. The van der Waals surface area contributed by atoms with Gasteiger partial charge in [0.2, 0.25) is 5.91 Å². The van der Waals surface area contributed by atoms with E-state index >= 15 is 0 Å². The van der Waals surface area contributed by atoms with Crippen molar-refractivity contribution in [3.63, 3.8) is 0 Å². The first-order chi connectivity index (χ1) is 11.2. The van der Waals surface area contributed by atoms with Crippen LogP contribution in [0.3, 0.4) is 0 Å². The van der Waals surface area contributed by atoms with Crippen molar-refractivity contribution >= 4 is 30.0 Å². The fourth-order valence-electron chi connectivity index (χ4n) is 2.91. The maximum absolute atomic E-state index is 11.9. The molecule has 0 radical (unpaired) electrons. The number of hydrogen-bond donors (Lipinski definition) is 1. The van der Waals surface area contributed by atoms with E-state index < -0.39 is 5.72 Å². The molecule has 0 saturated carbocycles. The molecule has 1 aromatic carbocycles. The second kappa shape index (κ2) is 8.54. The minimum Gasteiger partial charge on any atom is -0.475 e. The quantitative estimate of drug-likeness (QED) is 0.615. The summed E-state index contributed by atoms with van der Waals surface area (Å²) in [5.74, 6) is 0.519. The molecular weight excluding hydrogens is 344 g/mol. The van der Waals surface area contributed by atoms with Gasteiger partial charge in [-0.2, -0.15) is 0 Å². The summed E-state index contributed by atoms with van der Waals surface area (Å²) in [6, 6.07) is 5.72. The van der Waals surface area contributed by atoms with Crippen molar-refractivity contribution in [2.45, 2.75) is 58.9 Å². The fraction of sp³-hybridized carbons (Fsp3) is 0.556. The zero-order chi connectivity index (χ0) is 17.9. The minimum atomic E-state index is -0.825. The van der Waals surface area contributed by atoms with E-state index in [0.717, 1.165) is 17.0 Å². The molecule has 0 aromatic heterocycles. The van der Waals surface area contributed by atoms with E-state index in [1.54, 1.807) is 25.8 Å². The van der Waals surface area contributed by atoms with Crippen LogP contribution in [-0.2, 0) is 20.7 Å². The molecule has 25 heavy (non-hydrogen) atoms. The first-order valence-corrected chi connectivity index (χ1v) is 8.26. The molecule has 7 heteroatoms. The largest absolute Gasteiger partial charge is 0.475 e. The Bertz CT molecular complexity index is 634. The van der Waals surface area contributed by atoms with Crippen LogP contribution in [0.1, 0.15) is 46.1 Å². The highest BCUT2D eigenvalue weighted by Gasteiger charge is 2.28. The summed E-state index contributed by atoms with van der Waals surface area (Å²) in [4.78, 5) is 24.7. The molecule has 0 spiro atoms. The number of benzene rings is 1. The van der Waals surface area contributed by atoms with E-state index in [1.807, 2.05) is 25.1 Å². The summed E-state index contributed by atoms with van der Waals surface area (Å²) in [6.45, 7) is 6.94. The van der Waals surface area contributed by atoms with Gasteiger partial charge < -0.3 is 14.4 Å². The Morgan fingerprint density at radius 2 is 2.04 bits per heavy atom. The Morgan fingerprint density at radius 3 is 2.64 bits per heavy atom. The number of esters is 1. The number of ether oxygens (including phenoxy) is 2. The van der Waals surface area contributed by atoms with Gasteiger partial charge >= 0.3 is 5.97 Å². The first-order valence-electron chi connectivity index (χ1n) is 8.26. The predicted molar refractivity (Wildman–Crippen MR) is 99.1 cm³/mol. The van der Waals surface area contributed by atoms with Crippen molar-refractivity contribution in [3.05, 3.63) is 23.8 Å². The zero-order valence-corrected chi connectivity index (χ0v) is 16.2. The molecule has 0 fully saturated rings. The van der Waals surface area contributed by atoms with Gasteiger partial charge in [-0.25, -0.2) is 5.32 Å². The van der Waals surface area contributed by atoms with Crippen molar-refractivity contribution in [3.8, 4) is 5.75 Å². The van der Waals surface area contributed by atoms with Gasteiger partial charge in [-0.15, -0.1) is 12.4 Å². The van der Waals surface area contributed by atoms with Crippen LogP contribution in [0, 0.1) is 0 Å². The lowest BCUT2D eigenvalue weighted by Crippen LogP contribution is -2.50. The Balaban J connectivity index is 0.00000312. The molecule has 1 N–H and O–H groups in total. The van der Waals surface area contributed by atoms with Crippen molar-refractivity contribution in [2.75, 3.05) is 11.9 Å². The fourth-order valence-corrected chi connectivity index (χ4v) is 2.91. The Morgan fingerprint density at radius 1 is 1.36 bits per heavy atom. The SMILES string of the molecule is CCC(NC(C)(C)OC(C)=O)Oc1cccc2c1CCC(=O)N2C.Cl. The number of anilines is 1. The maximum Gasteiger partial charge on any atom is 0.304 e. The van der Waals surface area contributed by atoms with Crippen LogP contribution in [0.5, 0.6) is 5.75 Å². The average Bonchev–Trinajstić information content (AvgIpc) is 2.49. The summed E-state index contributed by atoms with van der Waals surface area (Å²) in [5.41, 5.74) is 1.09. The van der Waals surface area contributed by atoms with Gasteiger partial charge in [-0.1, -0.05) is 13.0 Å². The molecule has 0 aliphatic carbocycles. The molecule has 1 aliphatic heterocycles. The third kappa shape index (κ3) is 5.34. The number of amides is 1. The maximum atomic E-state index is 11.9. The Kier molecular flexibility index (Phi) is 7.26. The lowest BCUT2D eigenvalue weighted by Gasteiger charge is -2.32. The standard InChI is InChI=1S/C18H26N2O4.ClH/c1-6-16(19-18(3,4)24-12(2)21)23-15-9-7-8-14-13(15)10-11-17(22)20(14)5;/h7-9,16,19H,6,10-11H2,1-5H3;1H. The molecule has 0 saturated heterocycles. The molecule has 1 aliphatic rings. The van der Waals surface area contributed by atoms with E-state index in [0.29, 0.717) is 19.3 Å². The van der Waals surface area contributed by atoms with Crippen LogP contribution in [0.2, 0.25) is 0 Å². The van der Waals surface area contributed by atoms with Crippen molar-refractivity contribution in [2.24, 2.45) is 0 Å². The van der Waals surface area contributed by atoms with Gasteiger partial charge in [0.1, 0.15) is 5.75 Å². The third-order valence-electron chi connectivity index (χ3n) is 3.98. The van der Waals surface area contributed by atoms with Crippen molar-refractivity contribution in [1.29, 1.82) is 0 Å². The van der Waals surface area contributed by atoms with Crippen LogP contribution in [-0.4, -0.2) is 30.9 Å². The van der Waals surface area contributed by atoms with Gasteiger partial charge in [0, 0.05) is 26.0 Å². The number of nitrogens with zero attached hydrogens (tertiary/aromatic N) is 1. The van der Waals surface area contributed by atoms with E-state index in [-0.39, 0.29) is 30.5 Å². The molecule has 1 aromatic rings. The van der Waals surface area contributed by atoms with Crippen LogP contribution < -0.4 is 15.0 Å². The number of carbonyl (C=O) groups excluding carboxylic acids is 2. The number of hydrogen-bond acceptors (Lipinski definition) is 5. The van der Waals surface area contributed by atoms with Gasteiger partial charge in [-0.3, -0.25) is 9.59 Å². The highest BCUT2D eigenvalue weighted by atomic mass is 35.5. The van der Waals surface area contributed by atoms with Crippen LogP contribution >= 0.6 is 12.4 Å². The lowest BCUT2D eigenvalue weighted by atomic mass is 10.0. The molecule has 0 bridgehead atoms. The predicted octanol–water partition coefficient (Wildman–Crippen LogP) is 3.02. The molecule has 1 amide bonds. The van der Waals surface area contributed by atoms with E-state index in [9.17, 15) is 9.59 Å². The third-order valence-corrected chi connectivity index (χ3v) is 3.98. The van der Waals surface area contributed by atoms with Gasteiger partial charge in [0.05, 0.1) is 5.69 Å². The zero-order valence-electron chi connectivity index (χ0n) is 15.4. The molecule has 140 valence electrons. The molecule has 1 heterocycles. The molecule has 1 unspecified atom stereocenters. The second-order valence-corrected chi connectivity index (χ2v) is 6.47.